The molecule has 1 heterocycles. The summed E-state index contributed by atoms with van der Waals surface area (Å²) < 4.78 is 5.33. The van der Waals surface area contributed by atoms with Crippen molar-refractivity contribution in [1.29, 1.82) is 0 Å². The minimum Gasteiger partial charge on any atom is -0.382 e. The van der Waals surface area contributed by atoms with Crippen LogP contribution >= 0.6 is 0 Å². The fourth-order valence-corrected chi connectivity index (χ4v) is 2.88. The summed E-state index contributed by atoms with van der Waals surface area (Å²) in [5.41, 5.74) is 0. The third-order valence-electron chi connectivity index (χ3n) is 4.26. The van der Waals surface area contributed by atoms with Crippen molar-refractivity contribution in [2.45, 2.75) is 46.5 Å². The normalized spacial score (nSPS) is 21.8. The third kappa shape index (κ3) is 7.91. The van der Waals surface area contributed by atoms with Crippen LogP contribution < -0.4 is 5.32 Å². The van der Waals surface area contributed by atoms with Crippen LogP contribution in [0.5, 0.6) is 0 Å². The SMILES string of the molecule is CCOCCCNCCN1CCCC(C(C)C)CC1. The van der Waals surface area contributed by atoms with Crippen LogP contribution in [-0.4, -0.2) is 50.8 Å². The third-order valence-corrected chi connectivity index (χ3v) is 4.26. The Morgan fingerprint density at radius 3 is 2.79 bits per heavy atom. The second-order valence-corrected chi connectivity index (χ2v) is 6.08. The van der Waals surface area contributed by atoms with E-state index in [0.717, 1.165) is 44.6 Å². The zero-order valence-corrected chi connectivity index (χ0v) is 13.3. The molecular weight excluding hydrogens is 236 g/mol. The van der Waals surface area contributed by atoms with Crippen LogP contribution in [0.2, 0.25) is 0 Å². The number of hydrogen-bond donors (Lipinski definition) is 1. The van der Waals surface area contributed by atoms with Crippen LogP contribution in [0, 0.1) is 11.8 Å². The fraction of sp³-hybridized carbons (Fsp3) is 1.00. The van der Waals surface area contributed by atoms with Gasteiger partial charge in [0.2, 0.25) is 0 Å². The lowest BCUT2D eigenvalue weighted by atomic mass is 9.89. The number of nitrogens with one attached hydrogen (secondary N) is 1. The average Bonchev–Trinajstić information content (AvgIpc) is 2.63. The Morgan fingerprint density at radius 1 is 1.21 bits per heavy atom. The molecule has 1 fully saturated rings. The molecule has 0 amide bonds. The molecule has 0 aromatic heterocycles. The van der Waals surface area contributed by atoms with Gasteiger partial charge in [-0.2, -0.15) is 0 Å². The van der Waals surface area contributed by atoms with E-state index >= 15 is 0 Å². The molecule has 1 N–H and O–H groups in total. The molecule has 0 aromatic carbocycles. The minimum absolute atomic E-state index is 0.838. The summed E-state index contributed by atoms with van der Waals surface area (Å²) in [6, 6.07) is 0. The number of likely N-dealkylation sites (tertiary alicyclic amines) is 1. The van der Waals surface area contributed by atoms with Gasteiger partial charge in [-0.05, 0) is 64.1 Å². The Bertz CT molecular complexity index is 209. The predicted molar refractivity (Wildman–Crippen MR) is 82.6 cm³/mol. The van der Waals surface area contributed by atoms with Crippen LogP contribution in [0.25, 0.3) is 0 Å². The molecular formula is C16H34N2O. The lowest BCUT2D eigenvalue weighted by Gasteiger charge is -2.21. The largest absolute Gasteiger partial charge is 0.382 e. The van der Waals surface area contributed by atoms with Gasteiger partial charge in [0.25, 0.3) is 0 Å². The molecule has 19 heavy (non-hydrogen) atoms. The zero-order chi connectivity index (χ0) is 13.9. The maximum Gasteiger partial charge on any atom is 0.0477 e. The second-order valence-electron chi connectivity index (χ2n) is 6.08. The van der Waals surface area contributed by atoms with Gasteiger partial charge in [-0.15, -0.1) is 0 Å². The Labute approximate surface area is 120 Å². The standard InChI is InChI=1S/C16H34N2O/c1-4-19-14-6-9-17-10-13-18-11-5-7-16(8-12-18)15(2)3/h15-17H,4-14H2,1-3H3. The summed E-state index contributed by atoms with van der Waals surface area (Å²) in [6.07, 6.45) is 5.33. The van der Waals surface area contributed by atoms with E-state index < -0.39 is 0 Å². The van der Waals surface area contributed by atoms with E-state index in [-0.39, 0.29) is 0 Å². The molecule has 0 radical (unpaired) electrons. The summed E-state index contributed by atoms with van der Waals surface area (Å²) in [4.78, 5) is 2.64. The summed E-state index contributed by atoms with van der Waals surface area (Å²) >= 11 is 0. The van der Waals surface area contributed by atoms with E-state index in [1.807, 2.05) is 0 Å². The van der Waals surface area contributed by atoms with Gasteiger partial charge < -0.3 is 15.0 Å². The topological polar surface area (TPSA) is 24.5 Å². The van der Waals surface area contributed by atoms with E-state index in [4.69, 9.17) is 4.74 Å². The van der Waals surface area contributed by atoms with Gasteiger partial charge in [0.1, 0.15) is 0 Å². The monoisotopic (exact) mass is 270 g/mol. The second kappa shape index (κ2) is 10.6. The smallest absolute Gasteiger partial charge is 0.0477 e. The first-order chi connectivity index (χ1) is 9.24. The molecule has 1 atom stereocenters. The predicted octanol–water partition coefficient (Wildman–Crippen LogP) is 2.76. The summed E-state index contributed by atoms with van der Waals surface area (Å²) in [5, 5.41) is 3.52. The van der Waals surface area contributed by atoms with E-state index in [0.29, 0.717) is 0 Å². The Morgan fingerprint density at radius 2 is 2.05 bits per heavy atom. The van der Waals surface area contributed by atoms with Crippen molar-refractivity contribution in [2.24, 2.45) is 11.8 Å². The molecule has 3 heteroatoms. The number of rotatable bonds is 9. The summed E-state index contributed by atoms with van der Waals surface area (Å²) in [7, 11) is 0. The molecule has 1 aliphatic rings. The molecule has 1 aliphatic heterocycles. The lowest BCUT2D eigenvalue weighted by molar-refractivity contribution is 0.144. The fourth-order valence-electron chi connectivity index (χ4n) is 2.88. The molecule has 0 spiro atoms. The zero-order valence-electron chi connectivity index (χ0n) is 13.3. The number of hydrogen-bond acceptors (Lipinski definition) is 3. The molecule has 0 bridgehead atoms. The maximum atomic E-state index is 5.33. The van der Waals surface area contributed by atoms with Gasteiger partial charge in [-0.1, -0.05) is 13.8 Å². The van der Waals surface area contributed by atoms with Crippen molar-refractivity contribution in [3.8, 4) is 0 Å². The first kappa shape index (κ1) is 16.9. The highest BCUT2D eigenvalue weighted by atomic mass is 16.5. The molecule has 0 saturated carbocycles. The first-order valence-corrected chi connectivity index (χ1v) is 8.24. The van der Waals surface area contributed by atoms with Gasteiger partial charge in [-0.25, -0.2) is 0 Å². The van der Waals surface area contributed by atoms with Crippen molar-refractivity contribution in [3.63, 3.8) is 0 Å². The minimum atomic E-state index is 0.838. The Balaban J connectivity index is 2.00. The van der Waals surface area contributed by atoms with Crippen LogP contribution in [-0.2, 0) is 4.74 Å². The molecule has 114 valence electrons. The van der Waals surface area contributed by atoms with E-state index in [2.05, 4.69) is 31.0 Å². The van der Waals surface area contributed by atoms with Gasteiger partial charge in [0.15, 0.2) is 0 Å². The maximum absolute atomic E-state index is 5.33. The van der Waals surface area contributed by atoms with Gasteiger partial charge >= 0.3 is 0 Å². The van der Waals surface area contributed by atoms with Crippen LogP contribution in [0.1, 0.15) is 46.5 Å². The van der Waals surface area contributed by atoms with Crippen LogP contribution in [0.15, 0.2) is 0 Å². The molecule has 1 unspecified atom stereocenters. The van der Waals surface area contributed by atoms with Crippen LogP contribution in [0.4, 0.5) is 0 Å². The van der Waals surface area contributed by atoms with Crippen molar-refractivity contribution in [2.75, 3.05) is 45.9 Å². The average molecular weight is 270 g/mol. The van der Waals surface area contributed by atoms with Crippen molar-refractivity contribution in [1.82, 2.24) is 10.2 Å². The van der Waals surface area contributed by atoms with Crippen molar-refractivity contribution >= 4 is 0 Å². The first-order valence-electron chi connectivity index (χ1n) is 8.24. The Hall–Kier alpha value is -0.120. The van der Waals surface area contributed by atoms with Gasteiger partial charge in [0, 0.05) is 26.3 Å². The van der Waals surface area contributed by atoms with Crippen molar-refractivity contribution in [3.05, 3.63) is 0 Å². The van der Waals surface area contributed by atoms with Crippen LogP contribution in [0.3, 0.4) is 0 Å². The van der Waals surface area contributed by atoms with E-state index in [1.54, 1.807) is 0 Å². The van der Waals surface area contributed by atoms with Gasteiger partial charge in [-0.3, -0.25) is 0 Å². The molecule has 0 aromatic rings. The number of ether oxygens (including phenoxy) is 1. The summed E-state index contributed by atoms with van der Waals surface area (Å²) in [6.45, 7) is 14.5. The highest BCUT2D eigenvalue weighted by Crippen LogP contribution is 2.24. The highest BCUT2D eigenvalue weighted by molar-refractivity contribution is 4.72. The lowest BCUT2D eigenvalue weighted by Crippen LogP contribution is -2.33. The summed E-state index contributed by atoms with van der Waals surface area (Å²) in [5.74, 6) is 1.81. The molecule has 0 aliphatic carbocycles. The Kier molecular flexibility index (Phi) is 9.48. The number of nitrogens with zero attached hydrogens (tertiary/aromatic N) is 1. The van der Waals surface area contributed by atoms with Gasteiger partial charge in [0.05, 0.1) is 0 Å². The van der Waals surface area contributed by atoms with Crippen molar-refractivity contribution < 1.29 is 4.74 Å². The molecule has 3 nitrogen and oxygen atoms in total. The molecule has 1 rings (SSSR count). The van der Waals surface area contributed by atoms with E-state index in [1.165, 1.54) is 38.9 Å². The highest BCUT2D eigenvalue weighted by Gasteiger charge is 2.18. The molecule has 1 saturated heterocycles. The quantitative estimate of drug-likeness (QED) is 0.652. The van der Waals surface area contributed by atoms with E-state index in [9.17, 15) is 0 Å².